The Labute approximate surface area is 207 Å². The summed E-state index contributed by atoms with van der Waals surface area (Å²) < 4.78 is 40.8. The molecule has 0 radical (unpaired) electrons. The lowest BCUT2D eigenvalue weighted by Crippen LogP contribution is -2.51. The van der Waals surface area contributed by atoms with E-state index in [1.807, 2.05) is 34.6 Å². The van der Waals surface area contributed by atoms with Gasteiger partial charge in [-0.05, 0) is 82.1 Å². The molecule has 2 fully saturated rings. The molecule has 196 valence electrons. The van der Waals surface area contributed by atoms with Crippen molar-refractivity contribution in [1.29, 1.82) is 0 Å². The van der Waals surface area contributed by atoms with E-state index in [4.69, 9.17) is 0 Å². The van der Waals surface area contributed by atoms with Crippen LogP contribution in [0.4, 0.5) is 9.18 Å². The number of carbonyl (C=O) groups is 2. The minimum Gasteiger partial charge on any atom is -0.465 e. The van der Waals surface area contributed by atoms with Crippen LogP contribution in [-0.2, 0) is 14.8 Å². The third-order valence-electron chi connectivity index (χ3n) is 7.17. The summed E-state index contributed by atoms with van der Waals surface area (Å²) in [5, 5.41) is 12.8. The van der Waals surface area contributed by atoms with Gasteiger partial charge in [0, 0.05) is 31.2 Å². The normalized spacial score (nSPS) is 23.8. The molecule has 10 heteroatoms. The first-order chi connectivity index (χ1) is 16.2. The maximum Gasteiger partial charge on any atom is 0.407 e. The summed E-state index contributed by atoms with van der Waals surface area (Å²) in [6.45, 7) is 10.2. The Kier molecular flexibility index (Phi) is 8.16. The van der Waals surface area contributed by atoms with Crippen molar-refractivity contribution < 1.29 is 27.5 Å². The molecule has 2 amide bonds. The lowest BCUT2D eigenvalue weighted by molar-refractivity contribution is -0.127. The molecule has 2 aliphatic rings. The Morgan fingerprint density at radius 1 is 1.17 bits per heavy atom. The van der Waals surface area contributed by atoms with E-state index in [2.05, 4.69) is 5.32 Å². The molecule has 35 heavy (non-hydrogen) atoms. The maximum atomic E-state index is 13.3. The molecule has 4 atom stereocenters. The van der Waals surface area contributed by atoms with Crippen molar-refractivity contribution in [3.8, 4) is 0 Å². The molecule has 2 N–H and O–H groups in total. The van der Waals surface area contributed by atoms with Crippen LogP contribution >= 0.6 is 0 Å². The largest absolute Gasteiger partial charge is 0.465 e. The lowest BCUT2D eigenvalue weighted by Gasteiger charge is -2.36. The third-order valence-corrected chi connectivity index (χ3v) is 9.02. The van der Waals surface area contributed by atoms with Gasteiger partial charge in [-0.15, -0.1) is 0 Å². The molecular weight excluding hydrogens is 473 g/mol. The molecular formula is C25H38FN3O5S. The van der Waals surface area contributed by atoms with Crippen molar-refractivity contribution in [1.82, 2.24) is 14.5 Å². The van der Waals surface area contributed by atoms with E-state index in [0.29, 0.717) is 19.5 Å². The van der Waals surface area contributed by atoms with Gasteiger partial charge in [0.25, 0.3) is 0 Å². The summed E-state index contributed by atoms with van der Waals surface area (Å²) in [5.41, 5.74) is -0.638. The molecule has 1 aliphatic carbocycles. The van der Waals surface area contributed by atoms with Gasteiger partial charge in [-0.1, -0.05) is 13.8 Å². The van der Waals surface area contributed by atoms with Crippen LogP contribution in [0.3, 0.4) is 0 Å². The number of nitrogens with one attached hydrogen (secondary N) is 1. The number of nitrogens with zero attached hydrogens (tertiary/aromatic N) is 2. The first-order valence-corrected chi connectivity index (χ1v) is 13.7. The topological polar surface area (TPSA) is 107 Å². The van der Waals surface area contributed by atoms with Gasteiger partial charge in [-0.2, -0.15) is 4.31 Å². The molecule has 0 spiro atoms. The van der Waals surface area contributed by atoms with Gasteiger partial charge < -0.3 is 15.3 Å². The SMILES string of the molecule is CC(C)C[C@@H](CN(C(=O)O)C(C)(C)C)C(=O)N[C@@H]1CC[C@H]2CN(S(=O)(=O)c3ccc(F)cc3)C[C@H]21. The highest BCUT2D eigenvalue weighted by Gasteiger charge is 2.47. The molecule has 1 saturated heterocycles. The maximum absolute atomic E-state index is 13.3. The Bertz CT molecular complexity index is 1020. The second kappa shape index (κ2) is 10.4. The average molecular weight is 512 g/mol. The predicted molar refractivity (Wildman–Crippen MR) is 131 cm³/mol. The van der Waals surface area contributed by atoms with Gasteiger partial charge in [-0.25, -0.2) is 17.6 Å². The van der Waals surface area contributed by atoms with E-state index < -0.39 is 33.4 Å². The summed E-state index contributed by atoms with van der Waals surface area (Å²) >= 11 is 0. The van der Waals surface area contributed by atoms with Crippen LogP contribution in [0.25, 0.3) is 0 Å². The zero-order chi connectivity index (χ0) is 26.1. The van der Waals surface area contributed by atoms with E-state index in [-0.39, 0.29) is 41.1 Å². The number of halogens is 1. The summed E-state index contributed by atoms with van der Waals surface area (Å²) in [4.78, 5) is 26.6. The third kappa shape index (κ3) is 6.33. The van der Waals surface area contributed by atoms with Gasteiger partial charge in [0.2, 0.25) is 15.9 Å². The van der Waals surface area contributed by atoms with Crippen LogP contribution in [0, 0.1) is 29.5 Å². The van der Waals surface area contributed by atoms with Crippen LogP contribution in [0.5, 0.6) is 0 Å². The number of fused-ring (bicyclic) bond motifs is 1. The predicted octanol–water partition coefficient (Wildman–Crippen LogP) is 3.78. The standard InChI is InChI=1S/C25H38FN3O5S/c1-16(2)12-18(14-29(24(31)32)25(3,4)5)23(30)27-22-11-6-17-13-28(15-21(17)22)35(33,34)20-9-7-19(26)8-10-20/h7-10,16-18,21-22H,6,11-15H2,1-5H3,(H,27,30)(H,31,32)/t17-,18-,21+,22+/m0/s1. The summed E-state index contributed by atoms with van der Waals surface area (Å²) in [6, 6.07) is 4.67. The van der Waals surface area contributed by atoms with Crippen molar-refractivity contribution in [3.63, 3.8) is 0 Å². The molecule has 8 nitrogen and oxygen atoms in total. The fraction of sp³-hybridized carbons (Fsp3) is 0.680. The van der Waals surface area contributed by atoms with Gasteiger partial charge in [-0.3, -0.25) is 4.79 Å². The quantitative estimate of drug-likeness (QED) is 0.552. The highest BCUT2D eigenvalue weighted by atomic mass is 32.2. The number of benzene rings is 1. The van der Waals surface area contributed by atoms with E-state index in [1.165, 1.54) is 21.3 Å². The number of carbonyl (C=O) groups excluding carboxylic acids is 1. The Balaban J connectivity index is 1.70. The van der Waals surface area contributed by atoms with E-state index in [9.17, 15) is 27.5 Å². The minimum absolute atomic E-state index is 0.00735. The number of hydrogen-bond acceptors (Lipinski definition) is 4. The van der Waals surface area contributed by atoms with E-state index in [0.717, 1.165) is 25.0 Å². The van der Waals surface area contributed by atoms with Gasteiger partial charge in [0.1, 0.15) is 5.82 Å². The van der Waals surface area contributed by atoms with Crippen LogP contribution in [-0.4, -0.2) is 65.9 Å². The molecule has 0 bridgehead atoms. The fourth-order valence-electron chi connectivity index (χ4n) is 5.35. The number of sulfonamides is 1. The molecule has 1 aromatic rings. The minimum atomic E-state index is -3.74. The summed E-state index contributed by atoms with van der Waals surface area (Å²) in [6.07, 6.45) is 1.07. The van der Waals surface area contributed by atoms with E-state index in [1.54, 1.807) is 0 Å². The smallest absolute Gasteiger partial charge is 0.407 e. The van der Waals surface area contributed by atoms with Gasteiger partial charge in [0.15, 0.2) is 0 Å². The molecule has 1 aromatic carbocycles. The highest BCUT2D eigenvalue weighted by Crippen LogP contribution is 2.40. The lowest BCUT2D eigenvalue weighted by atomic mass is 9.92. The number of carboxylic acid groups (broad SMARTS) is 1. The van der Waals surface area contributed by atoms with Crippen molar-refractivity contribution in [3.05, 3.63) is 30.1 Å². The van der Waals surface area contributed by atoms with Crippen LogP contribution in [0.2, 0.25) is 0 Å². The molecule has 3 rings (SSSR count). The zero-order valence-corrected chi connectivity index (χ0v) is 22.0. The number of rotatable bonds is 8. The number of amides is 2. The number of hydrogen-bond donors (Lipinski definition) is 2. The first kappa shape index (κ1) is 27.4. The monoisotopic (exact) mass is 511 g/mol. The van der Waals surface area contributed by atoms with Crippen molar-refractivity contribution in [2.24, 2.45) is 23.7 Å². The van der Waals surface area contributed by atoms with Crippen LogP contribution < -0.4 is 5.32 Å². The zero-order valence-electron chi connectivity index (χ0n) is 21.2. The molecule has 1 heterocycles. The Morgan fingerprint density at radius 3 is 2.34 bits per heavy atom. The van der Waals surface area contributed by atoms with Gasteiger partial charge >= 0.3 is 6.09 Å². The second-order valence-corrected chi connectivity index (χ2v) is 13.2. The summed E-state index contributed by atoms with van der Waals surface area (Å²) in [7, 11) is -3.74. The van der Waals surface area contributed by atoms with Crippen LogP contribution in [0.15, 0.2) is 29.2 Å². The Morgan fingerprint density at radius 2 is 1.80 bits per heavy atom. The van der Waals surface area contributed by atoms with Crippen molar-refractivity contribution >= 4 is 22.0 Å². The second-order valence-electron chi connectivity index (χ2n) is 11.3. The highest BCUT2D eigenvalue weighted by molar-refractivity contribution is 7.89. The van der Waals surface area contributed by atoms with Crippen molar-refractivity contribution in [2.45, 2.75) is 70.4 Å². The Hall–Kier alpha value is -2.20. The molecule has 0 aromatic heterocycles. The van der Waals surface area contributed by atoms with Crippen molar-refractivity contribution in [2.75, 3.05) is 19.6 Å². The fourth-order valence-corrected chi connectivity index (χ4v) is 6.88. The first-order valence-electron chi connectivity index (χ1n) is 12.3. The molecule has 1 aliphatic heterocycles. The average Bonchev–Trinajstić information content (AvgIpc) is 3.32. The molecule has 0 unspecified atom stereocenters. The van der Waals surface area contributed by atoms with Crippen LogP contribution in [0.1, 0.15) is 53.9 Å². The van der Waals surface area contributed by atoms with Gasteiger partial charge in [0.05, 0.1) is 10.8 Å². The molecule has 1 saturated carbocycles. The summed E-state index contributed by atoms with van der Waals surface area (Å²) in [5.74, 6) is -0.824. The van der Waals surface area contributed by atoms with E-state index >= 15 is 0 Å².